The van der Waals surface area contributed by atoms with E-state index in [0.29, 0.717) is 5.11 Å². The lowest BCUT2D eigenvalue weighted by Crippen LogP contribution is -2.28. The summed E-state index contributed by atoms with van der Waals surface area (Å²) in [7, 11) is 1.67. The molecule has 1 N–H and O–H groups in total. The van der Waals surface area contributed by atoms with Gasteiger partial charge in [0, 0.05) is 16.8 Å². The first-order valence-electron chi connectivity index (χ1n) is 8.07. The van der Waals surface area contributed by atoms with Crippen LogP contribution in [0.3, 0.4) is 0 Å². The van der Waals surface area contributed by atoms with Crippen molar-refractivity contribution in [3.63, 3.8) is 0 Å². The van der Waals surface area contributed by atoms with Crippen LogP contribution in [0.15, 0.2) is 64.6 Å². The fourth-order valence-corrected chi connectivity index (χ4v) is 5.05. The molecule has 1 aliphatic heterocycles. The largest absolute Gasteiger partial charge is 0.497 e. The summed E-state index contributed by atoms with van der Waals surface area (Å²) < 4.78 is 6.38. The highest BCUT2D eigenvalue weighted by atomic mass is 79.9. The average Bonchev–Trinajstić information content (AvgIpc) is 3.25. The molecule has 4 nitrogen and oxygen atoms in total. The highest BCUT2D eigenvalue weighted by molar-refractivity contribution is 9.11. The number of rotatable bonds is 4. The summed E-state index contributed by atoms with van der Waals surface area (Å²) in [6, 6.07) is 18.2. The van der Waals surface area contributed by atoms with E-state index in [2.05, 4.69) is 43.3 Å². The van der Waals surface area contributed by atoms with E-state index in [4.69, 9.17) is 17.0 Å². The van der Waals surface area contributed by atoms with Crippen molar-refractivity contribution in [2.45, 2.75) is 12.1 Å². The van der Waals surface area contributed by atoms with Gasteiger partial charge >= 0.3 is 0 Å². The lowest BCUT2D eigenvalue weighted by atomic mass is 10.0. The number of nitrogens with one attached hydrogen (secondary N) is 1. The first kappa shape index (κ1) is 17.5. The van der Waals surface area contributed by atoms with Crippen LogP contribution < -0.4 is 15.0 Å². The van der Waals surface area contributed by atoms with Gasteiger partial charge in [-0.15, -0.1) is 11.3 Å². The fourth-order valence-electron chi connectivity index (χ4n) is 3.15. The third-order valence-electron chi connectivity index (χ3n) is 4.33. The Bertz CT molecular complexity index is 914. The van der Waals surface area contributed by atoms with Crippen LogP contribution in [0.25, 0.3) is 0 Å². The molecule has 3 heterocycles. The first-order chi connectivity index (χ1) is 12.7. The molecule has 0 amide bonds. The Hall–Kier alpha value is -1.96. The minimum Gasteiger partial charge on any atom is -0.497 e. The van der Waals surface area contributed by atoms with Crippen LogP contribution in [-0.2, 0) is 0 Å². The van der Waals surface area contributed by atoms with Crippen LogP contribution in [0, 0.1) is 0 Å². The molecular weight excluding hydrogens is 430 g/mol. The highest BCUT2D eigenvalue weighted by Crippen LogP contribution is 2.44. The van der Waals surface area contributed by atoms with Gasteiger partial charge < -0.3 is 15.0 Å². The van der Waals surface area contributed by atoms with Crippen molar-refractivity contribution in [1.29, 1.82) is 0 Å². The molecule has 1 fully saturated rings. The molecule has 2 atom stereocenters. The smallest absolute Gasteiger partial charge is 0.174 e. The second-order valence-electron chi connectivity index (χ2n) is 5.84. The molecule has 0 bridgehead atoms. The molecule has 2 aromatic heterocycles. The monoisotopic (exact) mass is 445 g/mol. The molecule has 132 valence electrons. The van der Waals surface area contributed by atoms with E-state index in [0.717, 1.165) is 20.9 Å². The van der Waals surface area contributed by atoms with Crippen LogP contribution in [0.2, 0.25) is 0 Å². The number of anilines is 1. The van der Waals surface area contributed by atoms with Gasteiger partial charge in [-0.3, -0.25) is 4.98 Å². The van der Waals surface area contributed by atoms with Crippen molar-refractivity contribution in [1.82, 2.24) is 10.3 Å². The van der Waals surface area contributed by atoms with Gasteiger partial charge in [0.1, 0.15) is 5.75 Å². The predicted molar refractivity (Wildman–Crippen MR) is 113 cm³/mol. The van der Waals surface area contributed by atoms with E-state index in [1.807, 2.05) is 48.7 Å². The fraction of sp³-hybridized carbons (Fsp3) is 0.158. The number of methoxy groups -OCH3 is 1. The maximum Gasteiger partial charge on any atom is 0.174 e. The Labute approximate surface area is 170 Å². The van der Waals surface area contributed by atoms with Gasteiger partial charge in [-0.25, -0.2) is 0 Å². The second kappa shape index (κ2) is 7.34. The summed E-state index contributed by atoms with van der Waals surface area (Å²) in [6.45, 7) is 0. The van der Waals surface area contributed by atoms with Gasteiger partial charge in [0.05, 0.1) is 28.7 Å². The van der Waals surface area contributed by atoms with Crippen molar-refractivity contribution in [2.24, 2.45) is 0 Å². The van der Waals surface area contributed by atoms with E-state index >= 15 is 0 Å². The molecule has 0 unspecified atom stereocenters. The molecule has 4 rings (SSSR count). The Morgan fingerprint density at radius 1 is 1.15 bits per heavy atom. The van der Waals surface area contributed by atoms with E-state index in [9.17, 15) is 0 Å². The van der Waals surface area contributed by atoms with Crippen LogP contribution in [-0.4, -0.2) is 17.2 Å². The SMILES string of the molecule is COc1ccc(N2C(=S)N[C@H](c3ccccn3)[C@@H]2c2ccc(Br)s2)cc1. The van der Waals surface area contributed by atoms with Crippen LogP contribution >= 0.6 is 39.5 Å². The number of hydrogen-bond acceptors (Lipinski definition) is 4. The van der Waals surface area contributed by atoms with Gasteiger partial charge in [-0.2, -0.15) is 0 Å². The summed E-state index contributed by atoms with van der Waals surface area (Å²) in [4.78, 5) is 7.93. The van der Waals surface area contributed by atoms with Crippen molar-refractivity contribution in [3.05, 3.63) is 75.2 Å². The average molecular weight is 446 g/mol. The Balaban J connectivity index is 1.79. The Kier molecular flexibility index (Phi) is 4.93. The molecule has 0 saturated carbocycles. The number of ether oxygens (including phenoxy) is 1. The van der Waals surface area contributed by atoms with Crippen LogP contribution in [0.5, 0.6) is 5.75 Å². The maximum atomic E-state index is 5.69. The van der Waals surface area contributed by atoms with E-state index in [1.165, 1.54) is 4.88 Å². The number of pyridine rings is 1. The molecule has 7 heteroatoms. The van der Waals surface area contributed by atoms with Crippen molar-refractivity contribution in [3.8, 4) is 5.75 Å². The third-order valence-corrected chi connectivity index (χ3v) is 6.34. The Morgan fingerprint density at radius 2 is 1.96 bits per heavy atom. The number of halogens is 1. The molecule has 3 aromatic rings. The zero-order chi connectivity index (χ0) is 18.1. The Morgan fingerprint density at radius 3 is 2.58 bits per heavy atom. The molecule has 0 radical (unpaired) electrons. The molecule has 1 aliphatic rings. The van der Waals surface area contributed by atoms with Crippen molar-refractivity contribution < 1.29 is 4.74 Å². The topological polar surface area (TPSA) is 37.4 Å². The third kappa shape index (κ3) is 3.22. The van der Waals surface area contributed by atoms with Crippen LogP contribution in [0.4, 0.5) is 5.69 Å². The van der Waals surface area contributed by atoms with E-state index < -0.39 is 0 Å². The quantitative estimate of drug-likeness (QED) is 0.565. The number of thiocarbonyl (C=S) groups is 1. The summed E-state index contributed by atoms with van der Waals surface area (Å²) >= 11 is 11.0. The van der Waals surface area contributed by atoms with Gasteiger partial charge in [0.2, 0.25) is 0 Å². The number of aromatic nitrogens is 1. The maximum absolute atomic E-state index is 5.69. The van der Waals surface area contributed by atoms with Crippen molar-refractivity contribution in [2.75, 3.05) is 12.0 Å². The summed E-state index contributed by atoms with van der Waals surface area (Å²) in [5, 5.41) is 4.15. The zero-order valence-corrected chi connectivity index (χ0v) is 17.1. The second-order valence-corrected chi connectivity index (χ2v) is 8.72. The van der Waals surface area contributed by atoms with Gasteiger partial charge in [0.15, 0.2) is 5.11 Å². The lowest BCUT2D eigenvalue weighted by molar-refractivity contribution is 0.415. The summed E-state index contributed by atoms with van der Waals surface area (Å²) in [6.07, 6.45) is 1.82. The zero-order valence-electron chi connectivity index (χ0n) is 13.9. The normalized spacial score (nSPS) is 19.5. The number of hydrogen-bond donors (Lipinski definition) is 1. The van der Waals surface area contributed by atoms with E-state index in [-0.39, 0.29) is 12.1 Å². The lowest BCUT2D eigenvalue weighted by Gasteiger charge is -2.27. The highest BCUT2D eigenvalue weighted by Gasteiger charge is 2.41. The predicted octanol–water partition coefficient (Wildman–Crippen LogP) is 5.09. The van der Waals surface area contributed by atoms with Crippen molar-refractivity contribution >= 4 is 50.3 Å². The van der Waals surface area contributed by atoms with Gasteiger partial charge in [-0.05, 0) is 76.7 Å². The minimum atomic E-state index is -0.0173. The standard InChI is InChI=1S/C19H16BrN3OS2/c1-24-13-7-5-12(6-8-13)23-18(15-9-10-16(20)26-15)17(22-19(23)25)14-4-2-3-11-21-14/h2-11,17-18H,1H3,(H,22,25)/t17-,18+/m1/s1. The molecule has 1 saturated heterocycles. The van der Waals surface area contributed by atoms with Gasteiger partial charge in [0.25, 0.3) is 0 Å². The van der Waals surface area contributed by atoms with Crippen LogP contribution in [0.1, 0.15) is 22.7 Å². The molecule has 1 aromatic carbocycles. The first-order valence-corrected chi connectivity index (χ1v) is 10.1. The summed E-state index contributed by atoms with van der Waals surface area (Å²) in [5.41, 5.74) is 2.00. The van der Waals surface area contributed by atoms with E-state index in [1.54, 1.807) is 18.4 Å². The molecule has 0 spiro atoms. The molecular formula is C19H16BrN3OS2. The molecule has 26 heavy (non-hydrogen) atoms. The number of thiophene rings is 1. The number of nitrogens with zero attached hydrogens (tertiary/aromatic N) is 2. The van der Waals surface area contributed by atoms with Gasteiger partial charge in [-0.1, -0.05) is 6.07 Å². The molecule has 0 aliphatic carbocycles. The summed E-state index contributed by atoms with van der Waals surface area (Å²) in [5.74, 6) is 0.823. The minimum absolute atomic E-state index is 0.0173. The number of benzene rings is 1.